The predicted molar refractivity (Wildman–Crippen MR) is 71.6 cm³/mol. The van der Waals surface area contributed by atoms with E-state index in [4.69, 9.17) is 10.2 Å². The van der Waals surface area contributed by atoms with Gasteiger partial charge >= 0.3 is 0 Å². The van der Waals surface area contributed by atoms with Crippen molar-refractivity contribution in [2.75, 3.05) is 14.1 Å². The van der Waals surface area contributed by atoms with Crippen LogP contribution in [0.4, 0.5) is 0 Å². The molecule has 4 nitrogen and oxygen atoms in total. The second-order valence-corrected chi connectivity index (χ2v) is 4.83. The second kappa shape index (κ2) is 4.82. The summed E-state index contributed by atoms with van der Waals surface area (Å²) in [5, 5.41) is 0.943. The molecule has 0 aliphatic carbocycles. The highest BCUT2D eigenvalue weighted by atomic mass is 16.3. The molecule has 0 aliphatic heterocycles. The van der Waals surface area contributed by atoms with Crippen LogP contribution in [0.15, 0.2) is 28.7 Å². The molecule has 18 heavy (non-hydrogen) atoms. The number of benzene rings is 1. The Kier molecular flexibility index (Phi) is 3.39. The largest absolute Gasteiger partial charge is 0.451 e. The first kappa shape index (κ1) is 12.6. The molecule has 0 spiro atoms. The van der Waals surface area contributed by atoms with E-state index >= 15 is 0 Å². The minimum atomic E-state index is -0.127. The summed E-state index contributed by atoms with van der Waals surface area (Å²) < 4.78 is 5.68. The fourth-order valence-electron chi connectivity index (χ4n) is 1.96. The van der Waals surface area contributed by atoms with Gasteiger partial charge in [0.1, 0.15) is 5.58 Å². The number of carbonyl (C=O) groups is 1. The van der Waals surface area contributed by atoms with Crippen molar-refractivity contribution < 1.29 is 9.21 Å². The maximum atomic E-state index is 11.9. The molecule has 0 fully saturated rings. The number of fused-ring (bicyclic) bond motifs is 1. The lowest BCUT2D eigenvalue weighted by Crippen LogP contribution is -2.20. The maximum Gasteiger partial charge on any atom is 0.289 e. The minimum Gasteiger partial charge on any atom is -0.451 e. The number of amides is 1. The molecule has 1 heterocycles. The highest BCUT2D eigenvalue weighted by molar-refractivity contribution is 5.96. The van der Waals surface area contributed by atoms with Crippen LogP contribution < -0.4 is 5.73 Å². The molecule has 1 unspecified atom stereocenters. The van der Waals surface area contributed by atoms with Gasteiger partial charge in [0.05, 0.1) is 0 Å². The number of para-hydroxylation sites is 1. The molecule has 0 saturated carbocycles. The van der Waals surface area contributed by atoms with Gasteiger partial charge in [0.25, 0.3) is 5.91 Å². The Balaban J connectivity index is 2.47. The van der Waals surface area contributed by atoms with Gasteiger partial charge in [-0.3, -0.25) is 4.79 Å². The van der Waals surface area contributed by atoms with E-state index in [2.05, 4.69) is 0 Å². The minimum absolute atomic E-state index is 0.0636. The fraction of sp³-hybridized carbons (Fsp3) is 0.357. The summed E-state index contributed by atoms with van der Waals surface area (Å²) in [6.45, 7) is 1.95. The molecular weight excluding hydrogens is 228 g/mol. The van der Waals surface area contributed by atoms with E-state index in [0.717, 1.165) is 23.0 Å². The second-order valence-electron chi connectivity index (χ2n) is 4.83. The molecule has 1 atom stereocenters. The molecule has 0 radical (unpaired) electrons. The number of hydrogen-bond donors (Lipinski definition) is 1. The average molecular weight is 246 g/mol. The molecule has 4 heteroatoms. The zero-order valence-corrected chi connectivity index (χ0v) is 10.9. The molecule has 2 aromatic rings. The van der Waals surface area contributed by atoms with Gasteiger partial charge in [-0.2, -0.15) is 0 Å². The third kappa shape index (κ3) is 2.38. The summed E-state index contributed by atoms with van der Waals surface area (Å²) in [6, 6.07) is 7.73. The Hall–Kier alpha value is -1.81. The van der Waals surface area contributed by atoms with Gasteiger partial charge in [0.15, 0.2) is 5.76 Å². The molecule has 2 N–H and O–H groups in total. The zero-order chi connectivity index (χ0) is 13.3. The van der Waals surface area contributed by atoms with E-state index in [1.165, 1.54) is 4.90 Å². The zero-order valence-electron chi connectivity index (χ0n) is 10.9. The third-order valence-corrected chi connectivity index (χ3v) is 2.78. The van der Waals surface area contributed by atoms with Crippen LogP contribution >= 0.6 is 0 Å². The van der Waals surface area contributed by atoms with Crippen LogP contribution in [0.3, 0.4) is 0 Å². The van der Waals surface area contributed by atoms with Gasteiger partial charge in [0, 0.05) is 25.5 Å². The van der Waals surface area contributed by atoms with Crippen molar-refractivity contribution >= 4 is 16.9 Å². The van der Waals surface area contributed by atoms with Crippen LogP contribution in [0.25, 0.3) is 11.0 Å². The van der Waals surface area contributed by atoms with E-state index in [1.54, 1.807) is 20.2 Å². The van der Waals surface area contributed by atoms with Gasteiger partial charge in [-0.15, -0.1) is 0 Å². The van der Waals surface area contributed by atoms with Crippen molar-refractivity contribution in [2.45, 2.75) is 19.4 Å². The Morgan fingerprint density at radius 1 is 1.44 bits per heavy atom. The molecule has 1 aromatic heterocycles. The van der Waals surface area contributed by atoms with Crippen LogP contribution in [0.2, 0.25) is 0 Å². The van der Waals surface area contributed by atoms with E-state index in [9.17, 15) is 4.79 Å². The Labute approximate surface area is 106 Å². The number of hydrogen-bond acceptors (Lipinski definition) is 3. The third-order valence-electron chi connectivity index (χ3n) is 2.78. The maximum absolute atomic E-state index is 11.9. The topological polar surface area (TPSA) is 59.5 Å². The number of furan rings is 1. The van der Waals surface area contributed by atoms with Crippen molar-refractivity contribution in [1.82, 2.24) is 4.90 Å². The van der Waals surface area contributed by atoms with E-state index in [-0.39, 0.29) is 11.9 Å². The normalized spacial score (nSPS) is 12.7. The van der Waals surface area contributed by atoms with E-state index in [1.807, 2.05) is 25.1 Å². The van der Waals surface area contributed by atoms with Gasteiger partial charge in [-0.05, 0) is 25.0 Å². The monoisotopic (exact) mass is 246 g/mol. The number of nitrogens with zero attached hydrogens (tertiary/aromatic N) is 1. The van der Waals surface area contributed by atoms with Crippen LogP contribution in [0.1, 0.15) is 23.0 Å². The van der Waals surface area contributed by atoms with Gasteiger partial charge < -0.3 is 15.1 Å². The molecular formula is C14H18N2O2. The lowest BCUT2D eigenvalue weighted by Gasteiger charge is -2.07. The van der Waals surface area contributed by atoms with Crippen molar-refractivity contribution in [3.05, 3.63) is 35.6 Å². The first-order valence-electron chi connectivity index (χ1n) is 5.97. The van der Waals surface area contributed by atoms with E-state index in [0.29, 0.717) is 5.76 Å². The Morgan fingerprint density at radius 3 is 2.78 bits per heavy atom. The number of carbonyl (C=O) groups excluding carboxylic acids is 1. The van der Waals surface area contributed by atoms with Crippen molar-refractivity contribution in [3.63, 3.8) is 0 Å². The van der Waals surface area contributed by atoms with Gasteiger partial charge in [-0.25, -0.2) is 0 Å². The predicted octanol–water partition coefficient (Wildman–Crippen LogP) is 2.02. The molecule has 1 amide bonds. The molecule has 0 aliphatic rings. The average Bonchev–Trinajstić information content (AvgIpc) is 2.72. The van der Waals surface area contributed by atoms with Crippen molar-refractivity contribution in [2.24, 2.45) is 5.73 Å². The summed E-state index contributed by atoms with van der Waals surface area (Å²) in [7, 11) is 3.41. The summed E-state index contributed by atoms with van der Waals surface area (Å²) in [5.74, 6) is 0.241. The smallest absolute Gasteiger partial charge is 0.289 e. The Morgan fingerprint density at radius 2 is 2.17 bits per heavy atom. The number of rotatable bonds is 3. The van der Waals surface area contributed by atoms with Crippen LogP contribution in [0, 0.1) is 0 Å². The Bertz CT molecular complexity index is 570. The quantitative estimate of drug-likeness (QED) is 0.901. The first-order chi connectivity index (χ1) is 8.49. The van der Waals surface area contributed by atoms with Crippen LogP contribution in [-0.2, 0) is 6.42 Å². The standard InChI is InChI=1S/C14H18N2O2/c1-9(15)7-10-5-4-6-11-8-12(18-13(10)11)14(17)16(2)3/h4-6,8-9H,7,15H2,1-3H3. The molecule has 1 aromatic carbocycles. The molecule has 0 saturated heterocycles. The SMILES string of the molecule is CC(N)Cc1cccc2cc(C(=O)N(C)C)oc12. The molecule has 0 bridgehead atoms. The van der Waals surface area contributed by atoms with Crippen molar-refractivity contribution in [3.8, 4) is 0 Å². The highest BCUT2D eigenvalue weighted by Crippen LogP contribution is 2.24. The fourth-order valence-corrected chi connectivity index (χ4v) is 1.96. The summed E-state index contributed by atoms with van der Waals surface area (Å²) in [5.41, 5.74) is 7.62. The first-order valence-corrected chi connectivity index (χ1v) is 5.97. The molecule has 96 valence electrons. The van der Waals surface area contributed by atoms with Crippen LogP contribution in [0.5, 0.6) is 0 Å². The van der Waals surface area contributed by atoms with Crippen molar-refractivity contribution in [1.29, 1.82) is 0 Å². The summed E-state index contributed by atoms with van der Waals surface area (Å²) >= 11 is 0. The number of nitrogens with two attached hydrogens (primary N) is 1. The highest BCUT2D eigenvalue weighted by Gasteiger charge is 2.16. The van der Waals surface area contributed by atoms with Gasteiger partial charge in [-0.1, -0.05) is 18.2 Å². The summed E-state index contributed by atoms with van der Waals surface area (Å²) in [6.07, 6.45) is 0.737. The summed E-state index contributed by atoms with van der Waals surface area (Å²) in [4.78, 5) is 13.4. The molecule has 2 rings (SSSR count). The van der Waals surface area contributed by atoms with Crippen LogP contribution in [-0.4, -0.2) is 30.9 Å². The lowest BCUT2D eigenvalue weighted by molar-refractivity contribution is 0.0799. The van der Waals surface area contributed by atoms with Gasteiger partial charge in [0.2, 0.25) is 0 Å². The van der Waals surface area contributed by atoms with E-state index < -0.39 is 0 Å². The lowest BCUT2D eigenvalue weighted by atomic mass is 10.1.